The maximum absolute atomic E-state index is 11.0. The highest BCUT2D eigenvalue weighted by molar-refractivity contribution is 5.85. The molecule has 0 spiro atoms. The van der Waals surface area contributed by atoms with Crippen molar-refractivity contribution in [2.24, 2.45) is 0 Å². The van der Waals surface area contributed by atoms with Gasteiger partial charge >= 0.3 is 5.97 Å². The third kappa shape index (κ3) is 3.14. The fourth-order valence-electron chi connectivity index (χ4n) is 0.826. The van der Waals surface area contributed by atoms with Crippen molar-refractivity contribution in [2.75, 3.05) is 5.43 Å². The van der Waals surface area contributed by atoms with E-state index in [1.165, 1.54) is 6.07 Å². The minimum Gasteiger partial charge on any atom is -0.477 e. The number of nitrogens with one attached hydrogen (secondary N) is 3. The average Bonchev–Trinajstić information content (AvgIpc) is 2.12. The Morgan fingerprint density at radius 1 is 1.67 bits per heavy atom. The van der Waals surface area contributed by atoms with Crippen LogP contribution in [0.15, 0.2) is 23.1 Å². The number of aliphatic carboxylic acids is 1. The van der Waals surface area contributed by atoms with E-state index in [0.717, 1.165) is 0 Å². The molecule has 0 amide bonds. The van der Waals surface area contributed by atoms with Crippen LogP contribution in [0.3, 0.4) is 0 Å². The Morgan fingerprint density at radius 2 is 2.33 bits per heavy atom. The summed E-state index contributed by atoms with van der Waals surface area (Å²) >= 11 is 0. The largest absolute Gasteiger partial charge is 0.477 e. The van der Waals surface area contributed by atoms with Gasteiger partial charge in [0.25, 0.3) is 5.56 Å². The first-order chi connectivity index (χ1) is 6.99. The molecule has 1 heterocycles. The van der Waals surface area contributed by atoms with E-state index in [1.54, 1.807) is 6.92 Å². The lowest BCUT2D eigenvalue weighted by Gasteiger charge is -2.07. The highest BCUT2D eigenvalue weighted by atomic mass is 16.4. The molecular weight excluding hydrogens is 200 g/mol. The number of nitrogens with zero attached hydrogens (tertiary/aromatic N) is 1. The third-order valence-electron chi connectivity index (χ3n) is 1.46. The van der Waals surface area contributed by atoms with Gasteiger partial charge in [-0.05, 0) is 6.92 Å². The molecule has 0 atom stereocenters. The van der Waals surface area contributed by atoms with Gasteiger partial charge in [-0.2, -0.15) is 0 Å². The minimum atomic E-state index is -1.20. The summed E-state index contributed by atoms with van der Waals surface area (Å²) in [7, 11) is 0. The van der Waals surface area contributed by atoms with Crippen LogP contribution < -0.4 is 16.4 Å². The van der Waals surface area contributed by atoms with Crippen molar-refractivity contribution in [3.63, 3.8) is 0 Å². The molecule has 7 heteroatoms. The number of aromatic nitrogens is 2. The zero-order valence-electron chi connectivity index (χ0n) is 8.00. The number of hydrogen-bond acceptors (Lipinski definition) is 5. The van der Waals surface area contributed by atoms with Gasteiger partial charge in [-0.25, -0.2) is 9.78 Å². The van der Waals surface area contributed by atoms with Crippen LogP contribution in [0.4, 0.5) is 5.95 Å². The number of hydrazine groups is 1. The molecule has 0 radical (unpaired) electrons. The quantitative estimate of drug-likeness (QED) is 0.397. The summed E-state index contributed by atoms with van der Waals surface area (Å²) in [6, 6.07) is 1.32. The van der Waals surface area contributed by atoms with E-state index >= 15 is 0 Å². The molecule has 0 unspecified atom stereocenters. The highest BCUT2D eigenvalue weighted by Gasteiger charge is 2.03. The fourth-order valence-corrected chi connectivity index (χ4v) is 0.826. The van der Waals surface area contributed by atoms with Gasteiger partial charge in [-0.3, -0.25) is 20.6 Å². The second kappa shape index (κ2) is 4.27. The molecule has 0 saturated heterocycles. The first kappa shape index (κ1) is 10.8. The Kier molecular flexibility index (Phi) is 3.06. The van der Waals surface area contributed by atoms with Crippen molar-refractivity contribution in [3.05, 3.63) is 34.4 Å². The Morgan fingerprint density at radius 3 is 2.87 bits per heavy atom. The maximum atomic E-state index is 11.0. The lowest BCUT2D eigenvalue weighted by atomic mass is 10.4. The Balaban J connectivity index is 2.70. The van der Waals surface area contributed by atoms with E-state index in [2.05, 4.69) is 27.4 Å². The van der Waals surface area contributed by atoms with Gasteiger partial charge in [0, 0.05) is 11.8 Å². The monoisotopic (exact) mass is 210 g/mol. The van der Waals surface area contributed by atoms with Crippen LogP contribution in [0.2, 0.25) is 0 Å². The average molecular weight is 210 g/mol. The highest BCUT2D eigenvalue weighted by Crippen LogP contribution is 1.94. The molecular formula is C8H10N4O3. The molecule has 0 aliphatic heterocycles. The van der Waals surface area contributed by atoms with E-state index in [1.807, 2.05) is 0 Å². The van der Waals surface area contributed by atoms with Crippen LogP contribution in [-0.4, -0.2) is 21.0 Å². The molecule has 80 valence electrons. The number of H-pyrrole nitrogens is 1. The Hall–Kier alpha value is -2.31. The van der Waals surface area contributed by atoms with E-state index in [4.69, 9.17) is 5.11 Å². The molecule has 7 nitrogen and oxygen atoms in total. The van der Waals surface area contributed by atoms with Gasteiger partial charge < -0.3 is 5.11 Å². The molecule has 4 N–H and O–H groups in total. The Bertz CT molecular complexity index is 451. The number of carboxylic acids is 1. The van der Waals surface area contributed by atoms with E-state index in [9.17, 15) is 9.59 Å². The van der Waals surface area contributed by atoms with Gasteiger partial charge in [0.2, 0.25) is 5.95 Å². The minimum absolute atomic E-state index is 0.127. The summed E-state index contributed by atoms with van der Waals surface area (Å²) in [5.41, 5.74) is 4.63. The van der Waals surface area contributed by atoms with Gasteiger partial charge in [-0.15, -0.1) is 0 Å². The van der Waals surface area contributed by atoms with Gasteiger partial charge in [0.15, 0.2) is 0 Å². The summed E-state index contributed by atoms with van der Waals surface area (Å²) in [4.78, 5) is 27.6. The lowest BCUT2D eigenvalue weighted by Crippen LogP contribution is -2.27. The summed E-state index contributed by atoms with van der Waals surface area (Å²) in [5, 5.41) is 8.47. The molecule has 0 fully saturated rings. The first-order valence-electron chi connectivity index (χ1n) is 4.01. The van der Waals surface area contributed by atoms with E-state index in [-0.39, 0.29) is 17.2 Å². The van der Waals surface area contributed by atoms with Crippen LogP contribution in [0.1, 0.15) is 5.69 Å². The normalized spacial score (nSPS) is 9.40. The van der Waals surface area contributed by atoms with E-state index < -0.39 is 5.97 Å². The second-order valence-electron chi connectivity index (χ2n) is 2.77. The maximum Gasteiger partial charge on any atom is 0.353 e. The predicted molar refractivity (Wildman–Crippen MR) is 53.1 cm³/mol. The molecule has 0 aliphatic rings. The predicted octanol–water partition coefficient (Wildman–Crippen LogP) is -0.407. The van der Waals surface area contributed by atoms with Gasteiger partial charge in [0.05, 0.1) is 0 Å². The number of anilines is 1. The summed E-state index contributed by atoms with van der Waals surface area (Å²) in [6.45, 7) is 4.87. The van der Waals surface area contributed by atoms with Crippen molar-refractivity contribution in [1.29, 1.82) is 0 Å². The Labute approximate surface area is 84.8 Å². The van der Waals surface area contributed by atoms with Crippen molar-refractivity contribution in [1.82, 2.24) is 15.4 Å². The van der Waals surface area contributed by atoms with Crippen LogP contribution in [0, 0.1) is 6.92 Å². The second-order valence-corrected chi connectivity index (χ2v) is 2.77. The number of hydrogen-bond donors (Lipinski definition) is 4. The van der Waals surface area contributed by atoms with Crippen LogP contribution in [0.5, 0.6) is 0 Å². The molecule has 1 aromatic heterocycles. The zero-order valence-corrected chi connectivity index (χ0v) is 8.00. The fraction of sp³-hybridized carbons (Fsp3) is 0.125. The number of rotatable bonds is 4. The standard InChI is InChI=1S/C8H10N4O3/c1-4-3-6(13)10-8(9-4)12-11-5(2)7(14)15/h3,11H,2H2,1H3,(H,14,15)(H2,9,10,12,13). The topological polar surface area (TPSA) is 107 Å². The molecule has 1 aromatic rings. The van der Waals surface area contributed by atoms with E-state index in [0.29, 0.717) is 5.69 Å². The first-order valence-corrected chi connectivity index (χ1v) is 4.01. The van der Waals surface area contributed by atoms with Gasteiger partial charge in [-0.1, -0.05) is 6.58 Å². The molecule has 0 aromatic carbocycles. The number of carbonyl (C=O) groups is 1. The van der Waals surface area contributed by atoms with Crippen molar-refractivity contribution < 1.29 is 9.90 Å². The number of carboxylic acid groups (broad SMARTS) is 1. The SMILES string of the molecule is C=C(NNc1nc(C)cc(=O)[nH]1)C(=O)O. The number of aryl methyl sites for hydroxylation is 1. The molecule has 15 heavy (non-hydrogen) atoms. The lowest BCUT2D eigenvalue weighted by molar-refractivity contribution is -0.133. The van der Waals surface area contributed by atoms with Crippen LogP contribution in [0.25, 0.3) is 0 Å². The molecule has 0 bridgehead atoms. The molecule has 0 saturated carbocycles. The van der Waals surface area contributed by atoms with Crippen molar-refractivity contribution in [2.45, 2.75) is 6.92 Å². The smallest absolute Gasteiger partial charge is 0.353 e. The number of aromatic amines is 1. The summed E-state index contributed by atoms with van der Waals surface area (Å²) in [5.74, 6) is -1.07. The van der Waals surface area contributed by atoms with Crippen molar-refractivity contribution in [3.8, 4) is 0 Å². The van der Waals surface area contributed by atoms with Gasteiger partial charge in [0.1, 0.15) is 5.70 Å². The van der Waals surface area contributed by atoms with Crippen LogP contribution >= 0.6 is 0 Å². The zero-order chi connectivity index (χ0) is 11.4. The summed E-state index contributed by atoms with van der Waals surface area (Å²) in [6.07, 6.45) is 0. The molecule has 1 rings (SSSR count). The third-order valence-corrected chi connectivity index (χ3v) is 1.46. The summed E-state index contributed by atoms with van der Waals surface area (Å²) < 4.78 is 0. The van der Waals surface area contributed by atoms with Crippen molar-refractivity contribution >= 4 is 11.9 Å². The van der Waals surface area contributed by atoms with Crippen LogP contribution in [-0.2, 0) is 4.79 Å². The molecule has 0 aliphatic carbocycles.